The fraction of sp³-hybridized carbons (Fsp3) is 0.889. The molecule has 0 N–H and O–H groups in total. The van der Waals surface area contributed by atoms with Crippen molar-refractivity contribution in [3.63, 3.8) is 0 Å². The predicted octanol–water partition coefficient (Wildman–Crippen LogP) is 2.58. The van der Waals surface area contributed by atoms with E-state index in [1.165, 1.54) is 0 Å². The summed E-state index contributed by atoms with van der Waals surface area (Å²) in [5, 5.41) is 8.91. The van der Waals surface area contributed by atoms with Gasteiger partial charge in [0.2, 0.25) is 0 Å². The van der Waals surface area contributed by atoms with Crippen molar-refractivity contribution < 1.29 is 0 Å². The van der Waals surface area contributed by atoms with Gasteiger partial charge in [0.05, 0.1) is 11.5 Å². The fourth-order valence-corrected chi connectivity index (χ4v) is 1.96. The first-order valence-corrected chi connectivity index (χ1v) is 3.87. The molecule has 56 valence electrons. The van der Waals surface area contributed by atoms with E-state index in [9.17, 15) is 0 Å². The largest absolute Gasteiger partial charge is 0.198 e. The van der Waals surface area contributed by atoms with Crippen molar-refractivity contribution in [3.05, 3.63) is 0 Å². The lowest BCUT2D eigenvalue weighted by atomic mass is 9.86. The average molecular weight is 137 g/mol. The molecule has 10 heavy (non-hydrogen) atoms. The summed E-state index contributed by atoms with van der Waals surface area (Å²) in [6.45, 7) is 8.63. The molecule has 0 bridgehead atoms. The molecule has 1 atom stereocenters. The maximum Gasteiger partial charge on any atom is 0.0698 e. The molecular weight excluding hydrogens is 122 g/mol. The van der Waals surface area contributed by atoms with Crippen molar-refractivity contribution in [2.45, 2.75) is 34.1 Å². The molecule has 1 unspecified atom stereocenters. The van der Waals surface area contributed by atoms with Gasteiger partial charge in [0.25, 0.3) is 0 Å². The van der Waals surface area contributed by atoms with Gasteiger partial charge in [-0.2, -0.15) is 5.26 Å². The maximum absolute atomic E-state index is 8.91. The van der Waals surface area contributed by atoms with Gasteiger partial charge in [-0.15, -0.1) is 0 Å². The van der Waals surface area contributed by atoms with Crippen LogP contribution in [0.4, 0.5) is 0 Å². The lowest BCUT2D eigenvalue weighted by Crippen LogP contribution is -2.13. The second-order valence-electron chi connectivity index (χ2n) is 4.30. The predicted molar refractivity (Wildman–Crippen MR) is 41.3 cm³/mol. The molecule has 0 saturated heterocycles. The Morgan fingerprint density at radius 3 is 1.80 bits per heavy atom. The van der Waals surface area contributed by atoms with Crippen LogP contribution in [0.2, 0.25) is 0 Å². The zero-order chi connectivity index (χ0) is 7.99. The zero-order valence-corrected chi connectivity index (χ0v) is 7.23. The normalized spacial score (nSPS) is 35.6. The summed E-state index contributed by atoms with van der Waals surface area (Å²) in [5.74, 6) is 0.507. The van der Waals surface area contributed by atoms with Crippen molar-refractivity contribution in [3.8, 4) is 6.07 Å². The zero-order valence-electron chi connectivity index (χ0n) is 7.23. The smallest absolute Gasteiger partial charge is 0.0698 e. The molecule has 0 radical (unpaired) electrons. The van der Waals surface area contributed by atoms with Crippen molar-refractivity contribution in [2.24, 2.45) is 16.7 Å². The molecule has 1 aliphatic rings. The monoisotopic (exact) mass is 137 g/mol. The third-order valence-corrected chi connectivity index (χ3v) is 2.99. The molecule has 1 rings (SSSR count). The molecule has 0 aromatic carbocycles. The number of hydrogen-bond acceptors (Lipinski definition) is 1. The van der Waals surface area contributed by atoms with Crippen LogP contribution >= 0.6 is 0 Å². The summed E-state index contributed by atoms with van der Waals surface area (Å²) < 4.78 is 0. The Hall–Kier alpha value is -0.510. The van der Waals surface area contributed by atoms with Gasteiger partial charge in [0, 0.05) is 0 Å². The molecule has 1 nitrogen and oxygen atoms in total. The molecule has 0 heterocycles. The Kier molecular flexibility index (Phi) is 1.33. The topological polar surface area (TPSA) is 23.8 Å². The Bertz CT molecular complexity index is 185. The summed E-state index contributed by atoms with van der Waals surface area (Å²) >= 11 is 0. The summed E-state index contributed by atoms with van der Waals surface area (Å²) in [6.07, 6.45) is 1.08. The van der Waals surface area contributed by atoms with Crippen molar-refractivity contribution in [1.82, 2.24) is 0 Å². The van der Waals surface area contributed by atoms with Crippen LogP contribution in [0.5, 0.6) is 0 Å². The van der Waals surface area contributed by atoms with E-state index in [0.29, 0.717) is 5.92 Å². The van der Waals surface area contributed by atoms with E-state index >= 15 is 0 Å². The van der Waals surface area contributed by atoms with Crippen LogP contribution in [-0.2, 0) is 0 Å². The number of nitriles is 1. The fourth-order valence-electron chi connectivity index (χ4n) is 1.96. The van der Waals surface area contributed by atoms with Gasteiger partial charge in [-0.3, -0.25) is 0 Å². The first kappa shape index (κ1) is 7.60. The van der Waals surface area contributed by atoms with E-state index in [0.717, 1.165) is 6.42 Å². The van der Waals surface area contributed by atoms with Crippen LogP contribution in [0, 0.1) is 28.1 Å². The molecule has 0 aromatic rings. The molecule has 0 aliphatic heterocycles. The lowest BCUT2D eigenvalue weighted by Gasteiger charge is -2.15. The minimum absolute atomic E-state index is 0.00694. The third-order valence-electron chi connectivity index (χ3n) is 2.99. The van der Waals surface area contributed by atoms with E-state index in [1.807, 2.05) is 0 Å². The number of nitrogens with zero attached hydrogens (tertiary/aromatic N) is 1. The Labute approximate surface area is 63.0 Å². The van der Waals surface area contributed by atoms with Gasteiger partial charge in [0.15, 0.2) is 0 Å². The highest BCUT2D eigenvalue weighted by Gasteiger charge is 2.63. The van der Waals surface area contributed by atoms with Crippen LogP contribution in [0.25, 0.3) is 0 Å². The lowest BCUT2D eigenvalue weighted by molar-refractivity contribution is 0.362. The molecule has 0 aromatic heterocycles. The van der Waals surface area contributed by atoms with Gasteiger partial charge >= 0.3 is 0 Å². The highest BCUT2D eigenvalue weighted by Crippen LogP contribution is 2.66. The summed E-state index contributed by atoms with van der Waals surface area (Å²) in [7, 11) is 0. The van der Waals surface area contributed by atoms with Crippen LogP contribution < -0.4 is 0 Å². The van der Waals surface area contributed by atoms with Gasteiger partial charge in [-0.25, -0.2) is 0 Å². The van der Waals surface area contributed by atoms with Crippen LogP contribution in [0.15, 0.2) is 0 Å². The molecule has 1 saturated carbocycles. The first-order chi connectivity index (χ1) is 4.46. The number of rotatable bonds is 1. The standard InChI is InChI=1S/C9H15N/c1-7(2)9(6-10)5-8(9,3)4/h7H,5H2,1-4H3. The number of hydrogen-bond donors (Lipinski definition) is 0. The maximum atomic E-state index is 8.91. The van der Waals surface area contributed by atoms with E-state index < -0.39 is 0 Å². The summed E-state index contributed by atoms with van der Waals surface area (Å²) in [5.41, 5.74) is 0.267. The van der Waals surface area contributed by atoms with Crippen LogP contribution in [0.3, 0.4) is 0 Å². The molecule has 1 aliphatic carbocycles. The average Bonchev–Trinajstić information content (AvgIpc) is 2.35. The Morgan fingerprint density at radius 1 is 1.40 bits per heavy atom. The highest BCUT2D eigenvalue weighted by molar-refractivity contribution is 5.22. The van der Waals surface area contributed by atoms with Crippen LogP contribution in [0.1, 0.15) is 34.1 Å². The van der Waals surface area contributed by atoms with E-state index in [4.69, 9.17) is 5.26 Å². The molecule has 1 fully saturated rings. The van der Waals surface area contributed by atoms with Gasteiger partial charge < -0.3 is 0 Å². The minimum atomic E-state index is -0.00694. The molecule has 1 heteroatoms. The van der Waals surface area contributed by atoms with Crippen LogP contribution in [-0.4, -0.2) is 0 Å². The van der Waals surface area contributed by atoms with Gasteiger partial charge in [-0.05, 0) is 17.8 Å². The SMILES string of the molecule is CC(C)C1(C#N)CC1(C)C. The molecule has 0 amide bonds. The Balaban J connectivity index is 2.81. The third kappa shape index (κ3) is 0.683. The quantitative estimate of drug-likeness (QED) is 0.545. The second-order valence-corrected chi connectivity index (χ2v) is 4.30. The van der Waals surface area contributed by atoms with Gasteiger partial charge in [0.1, 0.15) is 0 Å². The van der Waals surface area contributed by atoms with Crippen molar-refractivity contribution in [2.75, 3.05) is 0 Å². The molecular formula is C9H15N. The van der Waals surface area contributed by atoms with E-state index in [2.05, 4.69) is 33.8 Å². The molecule has 0 spiro atoms. The van der Waals surface area contributed by atoms with Crippen molar-refractivity contribution in [1.29, 1.82) is 5.26 Å². The minimum Gasteiger partial charge on any atom is -0.198 e. The summed E-state index contributed by atoms with van der Waals surface area (Å²) in [6, 6.07) is 2.44. The van der Waals surface area contributed by atoms with Crippen molar-refractivity contribution >= 4 is 0 Å². The van der Waals surface area contributed by atoms with E-state index in [1.54, 1.807) is 0 Å². The Morgan fingerprint density at radius 2 is 1.80 bits per heavy atom. The van der Waals surface area contributed by atoms with Gasteiger partial charge in [-0.1, -0.05) is 27.7 Å². The highest BCUT2D eigenvalue weighted by atomic mass is 14.7. The first-order valence-electron chi connectivity index (χ1n) is 3.87. The van der Waals surface area contributed by atoms with E-state index in [-0.39, 0.29) is 10.8 Å². The summed E-state index contributed by atoms with van der Waals surface area (Å²) in [4.78, 5) is 0. The second kappa shape index (κ2) is 1.75.